The Labute approximate surface area is 107 Å². The molecule has 0 aliphatic carbocycles. The van der Waals surface area contributed by atoms with E-state index in [4.69, 9.17) is 0 Å². The first-order chi connectivity index (χ1) is 8.01. The van der Waals surface area contributed by atoms with Crippen molar-refractivity contribution in [2.45, 2.75) is 53.5 Å². The first-order valence-corrected chi connectivity index (χ1v) is 6.81. The van der Waals surface area contributed by atoms with Crippen molar-refractivity contribution in [3.8, 4) is 0 Å². The van der Waals surface area contributed by atoms with Gasteiger partial charge < -0.3 is 5.32 Å². The fourth-order valence-electron chi connectivity index (χ4n) is 2.19. The summed E-state index contributed by atoms with van der Waals surface area (Å²) >= 11 is 0. The second-order valence-corrected chi connectivity index (χ2v) is 5.64. The maximum atomic E-state index is 3.70. The van der Waals surface area contributed by atoms with Gasteiger partial charge in [0.05, 0.1) is 0 Å². The van der Waals surface area contributed by atoms with Crippen LogP contribution < -0.4 is 5.32 Å². The minimum Gasteiger partial charge on any atom is -0.309 e. The standard InChI is InChI=1S/C16H27N/c1-6-11-17-15(16(4,5)7-2)14-10-8-9-13(3)12-14/h8-10,12,15,17H,6-7,11H2,1-5H3. The Morgan fingerprint density at radius 2 is 1.94 bits per heavy atom. The first kappa shape index (κ1) is 14.2. The van der Waals surface area contributed by atoms with Gasteiger partial charge in [0.2, 0.25) is 0 Å². The number of hydrogen-bond acceptors (Lipinski definition) is 1. The van der Waals surface area contributed by atoms with Crippen LogP contribution in [0.25, 0.3) is 0 Å². The molecule has 1 atom stereocenters. The van der Waals surface area contributed by atoms with E-state index in [0.29, 0.717) is 11.5 Å². The minimum absolute atomic E-state index is 0.295. The molecule has 0 saturated heterocycles. The average molecular weight is 233 g/mol. The van der Waals surface area contributed by atoms with E-state index in [1.54, 1.807) is 0 Å². The van der Waals surface area contributed by atoms with Gasteiger partial charge in [0.1, 0.15) is 0 Å². The van der Waals surface area contributed by atoms with Crippen LogP contribution in [-0.4, -0.2) is 6.54 Å². The Hall–Kier alpha value is -0.820. The van der Waals surface area contributed by atoms with Gasteiger partial charge in [-0.25, -0.2) is 0 Å². The summed E-state index contributed by atoms with van der Waals surface area (Å²) in [6, 6.07) is 9.34. The summed E-state index contributed by atoms with van der Waals surface area (Å²) < 4.78 is 0. The molecule has 1 heteroatoms. The predicted molar refractivity (Wildman–Crippen MR) is 76.3 cm³/mol. The van der Waals surface area contributed by atoms with E-state index in [1.165, 1.54) is 24.0 Å². The third-order valence-corrected chi connectivity index (χ3v) is 3.67. The molecule has 0 aliphatic heterocycles. The number of rotatable bonds is 6. The Bertz CT molecular complexity index is 341. The van der Waals surface area contributed by atoms with Gasteiger partial charge in [-0.05, 0) is 37.3 Å². The molecule has 0 bridgehead atoms. The largest absolute Gasteiger partial charge is 0.309 e. The Kier molecular flexibility index (Phi) is 5.20. The number of aryl methyl sites for hydroxylation is 1. The lowest BCUT2D eigenvalue weighted by Gasteiger charge is -2.35. The SMILES string of the molecule is CCCNC(c1cccc(C)c1)C(C)(C)CC. The molecule has 1 rings (SSSR count). The number of nitrogens with one attached hydrogen (secondary N) is 1. The van der Waals surface area contributed by atoms with Crippen molar-refractivity contribution < 1.29 is 0 Å². The van der Waals surface area contributed by atoms with Crippen LogP contribution >= 0.6 is 0 Å². The summed E-state index contributed by atoms with van der Waals surface area (Å²) in [5, 5.41) is 3.70. The molecule has 0 saturated carbocycles. The Morgan fingerprint density at radius 3 is 2.47 bits per heavy atom. The van der Waals surface area contributed by atoms with Crippen molar-refractivity contribution >= 4 is 0 Å². The topological polar surface area (TPSA) is 12.0 Å². The maximum absolute atomic E-state index is 3.70. The van der Waals surface area contributed by atoms with Gasteiger partial charge in [-0.1, -0.05) is 57.5 Å². The molecule has 0 heterocycles. The van der Waals surface area contributed by atoms with Gasteiger partial charge in [-0.15, -0.1) is 0 Å². The molecule has 1 nitrogen and oxygen atoms in total. The Morgan fingerprint density at radius 1 is 1.24 bits per heavy atom. The third-order valence-electron chi connectivity index (χ3n) is 3.67. The monoisotopic (exact) mass is 233 g/mol. The van der Waals surface area contributed by atoms with Gasteiger partial charge in [-0.3, -0.25) is 0 Å². The number of benzene rings is 1. The van der Waals surface area contributed by atoms with Crippen LogP contribution in [0.1, 0.15) is 57.7 Å². The van der Waals surface area contributed by atoms with Crippen molar-refractivity contribution in [2.75, 3.05) is 6.54 Å². The van der Waals surface area contributed by atoms with E-state index < -0.39 is 0 Å². The van der Waals surface area contributed by atoms with Gasteiger partial charge in [0.15, 0.2) is 0 Å². The summed E-state index contributed by atoms with van der Waals surface area (Å²) in [5.41, 5.74) is 3.06. The summed E-state index contributed by atoms with van der Waals surface area (Å²) in [6.45, 7) is 12.4. The zero-order valence-corrected chi connectivity index (χ0v) is 12.0. The lowest BCUT2D eigenvalue weighted by atomic mass is 9.78. The van der Waals surface area contributed by atoms with Crippen LogP contribution in [0, 0.1) is 12.3 Å². The second-order valence-electron chi connectivity index (χ2n) is 5.64. The Balaban J connectivity index is 2.97. The zero-order valence-electron chi connectivity index (χ0n) is 12.0. The summed E-state index contributed by atoms with van der Waals surface area (Å²) in [7, 11) is 0. The molecule has 0 fully saturated rings. The summed E-state index contributed by atoms with van der Waals surface area (Å²) in [5.74, 6) is 0. The van der Waals surface area contributed by atoms with Crippen LogP contribution in [0.15, 0.2) is 24.3 Å². The van der Waals surface area contributed by atoms with E-state index in [1.807, 2.05) is 0 Å². The van der Waals surface area contributed by atoms with E-state index >= 15 is 0 Å². The highest BCUT2D eigenvalue weighted by Gasteiger charge is 2.28. The predicted octanol–water partition coefficient (Wildman–Crippen LogP) is 4.47. The first-order valence-electron chi connectivity index (χ1n) is 6.81. The van der Waals surface area contributed by atoms with Gasteiger partial charge in [-0.2, -0.15) is 0 Å². The molecule has 1 aromatic rings. The average Bonchev–Trinajstić information content (AvgIpc) is 2.29. The zero-order chi connectivity index (χ0) is 12.9. The van der Waals surface area contributed by atoms with Crippen molar-refractivity contribution in [1.82, 2.24) is 5.32 Å². The van der Waals surface area contributed by atoms with Crippen LogP contribution in [0.2, 0.25) is 0 Å². The van der Waals surface area contributed by atoms with Crippen molar-refractivity contribution in [1.29, 1.82) is 0 Å². The van der Waals surface area contributed by atoms with Crippen LogP contribution in [0.3, 0.4) is 0 Å². The van der Waals surface area contributed by atoms with Crippen LogP contribution in [0.5, 0.6) is 0 Å². The van der Waals surface area contributed by atoms with E-state index in [-0.39, 0.29) is 0 Å². The van der Waals surface area contributed by atoms with Crippen molar-refractivity contribution in [2.24, 2.45) is 5.41 Å². The van der Waals surface area contributed by atoms with E-state index in [0.717, 1.165) is 6.54 Å². The molecule has 1 N–H and O–H groups in total. The van der Waals surface area contributed by atoms with Gasteiger partial charge in [0.25, 0.3) is 0 Å². The highest BCUT2D eigenvalue weighted by molar-refractivity contribution is 5.26. The molecule has 0 radical (unpaired) electrons. The van der Waals surface area contributed by atoms with Crippen molar-refractivity contribution in [3.05, 3.63) is 35.4 Å². The molecule has 96 valence electrons. The van der Waals surface area contributed by atoms with E-state index in [9.17, 15) is 0 Å². The van der Waals surface area contributed by atoms with Gasteiger partial charge >= 0.3 is 0 Å². The molecule has 0 aromatic heterocycles. The fourth-order valence-corrected chi connectivity index (χ4v) is 2.19. The quantitative estimate of drug-likeness (QED) is 0.764. The third kappa shape index (κ3) is 3.85. The highest BCUT2D eigenvalue weighted by Crippen LogP contribution is 2.36. The molecule has 17 heavy (non-hydrogen) atoms. The summed E-state index contributed by atoms with van der Waals surface area (Å²) in [4.78, 5) is 0. The molecule has 0 amide bonds. The lowest BCUT2D eigenvalue weighted by Crippen LogP contribution is -2.34. The van der Waals surface area contributed by atoms with Gasteiger partial charge in [0, 0.05) is 6.04 Å². The normalized spacial score (nSPS) is 13.7. The maximum Gasteiger partial charge on any atom is 0.0371 e. The second kappa shape index (κ2) is 6.20. The molecule has 1 aromatic carbocycles. The highest BCUT2D eigenvalue weighted by atomic mass is 14.9. The molecule has 0 aliphatic rings. The fraction of sp³-hybridized carbons (Fsp3) is 0.625. The molecular weight excluding hydrogens is 206 g/mol. The lowest BCUT2D eigenvalue weighted by molar-refractivity contribution is 0.234. The van der Waals surface area contributed by atoms with Crippen LogP contribution in [0.4, 0.5) is 0 Å². The van der Waals surface area contributed by atoms with Crippen LogP contribution in [-0.2, 0) is 0 Å². The molecule has 0 spiro atoms. The number of hydrogen-bond donors (Lipinski definition) is 1. The smallest absolute Gasteiger partial charge is 0.0371 e. The molecule has 1 unspecified atom stereocenters. The van der Waals surface area contributed by atoms with E-state index in [2.05, 4.69) is 64.2 Å². The minimum atomic E-state index is 0.295. The summed E-state index contributed by atoms with van der Waals surface area (Å²) in [6.07, 6.45) is 2.37. The molecular formula is C16H27N. The van der Waals surface area contributed by atoms with Crippen molar-refractivity contribution in [3.63, 3.8) is 0 Å².